The van der Waals surface area contributed by atoms with Crippen molar-refractivity contribution in [2.24, 2.45) is 0 Å². The average Bonchev–Trinajstić information content (AvgIpc) is 2.79. The molecule has 2 aromatic rings. The third-order valence-corrected chi connectivity index (χ3v) is 6.30. The van der Waals surface area contributed by atoms with Gasteiger partial charge in [0.25, 0.3) is 0 Å². The van der Waals surface area contributed by atoms with Crippen LogP contribution in [-0.2, 0) is 12.8 Å². The first-order valence-corrected chi connectivity index (χ1v) is 10.8. The molecular weight excluding hydrogens is 350 g/mol. The van der Waals surface area contributed by atoms with E-state index in [1.54, 1.807) is 6.33 Å². The first-order chi connectivity index (χ1) is 13.9. The van der Waals surface area contributed by atoms with Crippen LogP contribution in [0.3, 0.4) is 0 Å². The normalized spacial score (nSPS) is 20.2. The van der Waals surface area contributed by atoms with Crippen LogP contribution in [0.15, 0.2) is 18.5 Å². The number of aryl methyl sites for hydroxylation is 2. The molecule has 5 rings (SSSR count). The topological polar surface area (TPSA) is 61.3 Å². The molecule has 0 amide bonds. The van der Waals surface area contributed by atoms with Crippen LogP contribution in [0.1, 0.15) is 43.4 Å². The van der Waals surface area contributed by atoms with E-state index in [-0.39, 0.29) is 0 Å². The van der Waals surface area contributed by atoms with Gasteiger partial charge in [0.1, 0.15) is 18.0 Å². The number of piperidine rings is 1. The van der Waals surface area contributed by atoms with Gasteiger partial charge in [-0.05, 0) is 56.6 Å². The van der Waals surface area contributed by atoms with Crippen LogP contribution in [0.5, 0.6) is 0 Å². The van der Waals surface area contributed by atoms with Gasteiger partial charge in [-0.15, -0.1) is 5.10 Å². The standard InChI is InChI=1S/C21H29N7/c1-4-8-26(9-5-1)19-15-20(23-16-22-19)27-10-12-28(13-11-27)21-14-17-6-2-3-7-18(17)24-25-21/h14-16H,1-13H2. The summed E-state index contributed by atoms with van der Waals surface area (Å²) in [5.74, 6) is 3.16. The number of nitrogens with zero attached hydrogens (tertiary/aromatic N) is 7. The third-order valence-electron chi connectivity index (χ3n) is 6.30. The molecule has 0 spiro atoms. The number of piperazine rings is 1. The van der Waals surface area contributed by atoms with Gasteiger partial charge >= 0.3 is 0 Å². The minimum atomic E-state index is 0.954. The maximum atomic E-state index is 4.56. The van der Waals surface area contributed by atoms with Crippen molar-refractivity contribution in [3.05, 3.63) is 29.7 Å². The Labute approximate surface area is 166 Å². The molecule has 0 radical (unpaired) electrons. The van der Waals surface area contributed by atoms with Crippen LogP contribution in [-0.4, -0.2) is 59.4 Å². The highest BCUT2D eigenvalue weighted by molar-refractivity contribution is 5.52. The summed E-state index contributed by atoms with van der Waals surface area (Å²) in [4.78, 5) is 16.2. The van der Waals surface area contributed by atoms with Gasteiger partial charge in [-0.1, -0.05) is 0 Å². The summed E-state index contributed by atoms with van der Waals surface area (Å²) < 4.78 is 0. The zero-order valence-electron chi connectivity index (χ0n) is 16.6. The second-order valence-electron chi connectivity index (χ2n) is 8.14. The maximum Gasteiger partial charge on any atom is 0.151 e. The van der Waals surface area contributed by atoms with E-state index in [1.165, 1.54) is 43.4 Å². The first kappa shape index (κ1) is 17.6. The van der Waals surface area contributed by atoms with Gasteiger partial charge < -0.3 is 14.7 Å². The molecule has 0 aromatic carbocycles. The third kappa shape index (κ3) is 3.62. The largest absolute Gasteiger partial charge is 0.356 e. The van der Waals surface area contributed by atoms with Crippen molar-refractivity contribution in [2.45, 2.75) is 44.9 Å². The molecule has 0 N–H and O–H groups in total. The second-order valence-corrected chi connectivity index (χ2v) is 8.14. The first-order valence-electron chi connectivity index (χ1n) is 10.8. The maximum absolute atomic E-state index is 4.56. The fourth-order valence-electron chi connectivity index (χ4n) is 4.60. The molecule has 7 heteroatoms. The van der Waals surface area contributed by atoms with Gasteiger partial charge in [0.15, 0.2) is 5.82 Å². The molecule has 0 bridgehead atoms. The number of aromatic nitrogens is 4. The van der Waals surface area contributed by atoms with E-state index in [9.17, 15) is 0 Å². The van der Waals surface area contributed by atoms with Gasteiger partial charge in [0.05, 0.1) is 5.69 Å². The lowest BCUT2D eigenvalue weighted by Gasteiger charge is -2.36. The Balaban J connectivity index is 1.25. The molecule has 0 unspecified atom stereocenters. The fraction of sp³-hybridized carbons (Fsp3) is 0.619. The summed E-state index contributed by atoms with van der Waals surface area (Å²) >= 11 is 0. The number of anilines is 3. The SMILES string of the molecule is c1nc(N2CCCCC2)cc(N2CCN(c3cc4c(nn3)CCCC4)CC2)n1. The van der Waals surface area contributed by atoms with E-state index >= 15 is 0 Å². The fourth-order valence-corrected chi connectivity index (χ4v) is 4.60. The summed E-state index contributed by atoms with van der Waals surface area (Å²) in [7, 11) is 0. The Kier molecular flexibility index (Phi) is 4.97. The summed E-state index contributed by atoms with van der Waals surface area (Å²) in [5, 5.41) is 9.02. The Bertz CT molecular complexity index is 810. The Morgan fingerprint density at radius 1 is 0.571 bits per heavy atom. The smallest absolute Gasteiger partial charge is 0.151 e. The van der Waals surface area contributed by atoms with E-state index in [2.05, 4.69) is 47.0 Å². The number of fused-ring (bicyclic) bond motifs is 1. The van der Waals surface area contributed by atoms with Gasteiger partial charge in [-0.2, -0.15) is 5.10 Å². The van der Waals surface area contributed by atoms with E-state index in [0.717, 1.165) is 69.6 Å². The summed E-state index contributed by atoms with van der Waals surface area (Å²) in [6, 6.07) is 4.44. The molecule has 1 aliphatic carbocycles. The highest BCUT2D eigenvalue weighted by Crippen LogP contribution is 2.25. The minimum absolute atomic E-state index is 0.954. The van der Waals surface area contributed by atoms with Crippen molar-refractivity contribution in [1.29, 1.82) is 0 Å². The lowest BCUT2D eigenvalue weighted by atomic mass is 9.97. The number of hydrogen-bond acceptors (Lipinski definition) is 7. The summed E-state index contributed by atoms with van der Waals surface area (Å²) in [5.41, 5.74) is 2.61. The second kappa shape index (κ2) is 7.89. The predicted molar refractivity (Wildman–Crippen MR) is 111 cm³/mol. The van der Waals surface area contributed by atoms with Crippen LogP contribution in [0.2, 0.25) is 0 Å². The molecule has 148 valence electrons. The Hall–Kier alpha value is -2.44. The molecule has 2 aliphatic heterocycles. The summed E-state index contributed by atoms with van der Waals surface area (Å²) in [6.07, 6.45) is 10.3. The summed E-state index contributed by atoms with van der Waals surface area (Å²) in [6.45, 7) is 6.04. The number of rotatable bonds is 3. The lowest BCUT2D eigenvalue weighted by molar-refractivity contribution is 0.572. The molecule has 3 aliphatic rings. The lowest BCUT2D eigenvalue weighted by Crippen LogP contribution is -2.47. The van der Waals surface area contributed by atoms with Crippen molar-refractivity contribution < 1.29 is 0 Å². The molecule has 7 nitrogen and oxygen atoms in total. The molecule has 2 aromatic heterocycles. The molecule has 4 heterocycles. The highest BCUT2D eigenvalue weighted by atomic mass is 15.3. The zero-order chi connectivity index (χ0) is 18.8. The van der Waals surface area contributed by atoms with Gasteiger partial charge in [-0.25, -0.2) is 9.97 Å². The van der Waals surface area contributed by atoms with Crippen LogP contribution in [0, 0.1) is 0 Å². The van der Waals surface area contributed by atoms with Crippen LogP contribution in [0.4, 0.5) is 17.5 Å². The molecule has 28 heavy (non-hydrogen) atoms. The average molecular weight is 380 g/mol. The number of hydrogen-bond donors (Lipinski definition) is 0. The van der Waals surface area contributed by atoms with E-state index < -0.39 is 0 Å². The van der Waals surface area contributed by atoms with Crippen molar-refractivity contribution >= 4 is 17.5 Å². The molecular formula is C21H29N7. The molecule has 2 fully saturated rings. The van der Waals surface area contributed by atoms with Gasteiger partial charge in [-0.3, -0.25) is 0 Å². The van der Waals surface area contributed by atoms with Crippen molar-refractivity contribution in [1.82, 2.24) is 20.2 Å². The Morgan fingerprint density at radius 3 is 1.96 bits per heavy atom. The predicted octanol–water partition coefficient (Wildman–Crippen LogP) is 2.46. The quantitative estimate of drug-likeness (QED) is 0.812. The Morgan fingerprint density at radius 2 is 1.21 bits per heavy atom. The minimum Gasteiger partial charge on any atom is -0.356 e. The van der Waals surface area contributed by atoms with Gasteiger partial charge in [0, 0.05) is 45.3 Å². The highest BCUT2D eigenvalue weighted by Gasteiger charge is 2.22. The van der Waals surface area contributed by atoms with Crippen LogP contribution < -0.4 is 14.7 Å². The molecule has 2 saturated heterocycles. The monoisotopic (exact) mass is 379 g/mol. The van der Waals surface area contributed by atoms with Crippen molar-refractivity contribution in [3.63, 3.8) is 0 Å². The van der Waals surface area contributed by atoms with Crippen molar-refractivity contribution in [2.75, 3.05) is 54.0 Å². The van der Waals surface area contributed by atoms with Gasteiger partial charge in [0.2, 0.25) is 0 Å². The van der Waals surface area contributed by atoms with Crippen molar-refractivity contribution in [3.8, 4) is 0 Å². The molecule has 0 saturated carbocycles. The molecule has 0 atom stereocenters. The van der Waals surface area contributed by atoms with E-state index in [4.69, 9.17) is 0 Å². The van der Waals surface area contributed by atoms with E-state index in [1.807, 2.05) is 0 Å². The van der Waals surface area contributed by atoms with Crippen LogP contribution in [0.25, 0.3) is 0 Å². The van der Waals surface area contributed by atoms with Crippen LogP contribution >= 0.6 is 0 Å². The van der Waals surface area contributed by atoms with E-state index in [0.29, 0.717) is 0 Å². The zero-order valence-corrected chi connectivity index (χ0v) is 16.6.